The van der Waals surface area contributed by atoms with Crippen molar-refractivity contribution in [2.75, 3.05) is 20.3 Å². The number of hydrogen-bond donors (Lipinski definition) is 7. The Morgan fingerprint density at radius 1 is 0.833 bits per heavy atom. The molecule has 0 aromatic heterocycles. The van der Waals surface area contributed by atoms with Crippen molar-refractivity contribution in [3.63, 3.8) is 0 Å². The maximum atomic E-state index is 10.2. The summed E-state index contributed by atoms with van der Waals surface area (Å²) < 4.78 is 21.1. The van der Waals surface area contributed by atoms with E-state index < -0.39 is 74.6 Å². The molecule has 24 heavy (non-hydrogen) atoms. The monoisotopic (exact) mass is 355 g/mol. The van der Waals surface area contributed by atoms with Crippen LogP contribution in [0, 0.1) is 0 Å². The van der Waals surface area contributed by atoms with Crippen LogP contribution in [-0.2, 0) is 18.9 Å². The third kappa shape index (κ3) is 3.71. The molecule has 2 fully saturated rings. The van der Waals surface area contributed by atoms with Gasteiger partial charge in [0.2, 0.25) is 0 Å². The molecule has 2 saturated heterocycles. The van der Waals surface area contributed by atoms with Crippen LogP contribution in [0.4, 0.5) is 0 Å². The van der Waals surface area contributed by atoms with Gasteiger partial charge in [0.1, 0.15) is 42.7 Å². The second kappa shape index (κ2) is 8.29. The Morgan fingerprint density at radius 2 is 1.33 bits per heavy atom. The van der Waals surface area contributed by atoms with E-state index in [0.717, 1.165) is 0 Å². The molecule has 11 heteroatoms. The van der Waals surface area contributed by atoms with Gasteiger partial charge in [-0.15, -0.1) is 0 Å². The minimum atomic E-state index is -1.49. The third-order valence-electron chi connectivity index (χ3n) is 4.28. The van der Waals surface area contributed by atoms with Crippen molar-refractivity contribution in [1.29, 1.82) is 0 Å². The van der Waals surface area contributed by atoms with E-state index in [2.05, 4.69) is 0 Å². The molecule has 8 N–H and O–H groups in total. The summed E-state index contributed by atoms with van der Waals surface area (Å²) in [6.07, 6.45) is -11.7. The third-order valence-corrected chi connectivity index (χ3v) is 4.28. The van der Waals surface area contributed by atoms with E-state index in [-0.39, 0.29) is 0 Å². The lowest BCUT2D eigenvalue weighted by Gasteiger charge is -2.46. The molecule has 0 amide bonds. The van der Waals surface area contributed by atoms with Crippen LogP contribution in [0.3, 0.4) is 0 Å². The number of methoxy groups -OCH3 is 1. The first-order chi connectivity index (χ1) is 11.3. The van der Waals surface area contributed by atoms with Crippen LogP contribution >= 0.6 is 0 Å². The van der Waals surface area contributed by atoms with Gasteiger partial charge in [-0.05, 0) is 0 Å². The average molecular weight is 355 g/mol. The van der Waals surface area contributed by atoms with Gasteiger partial charge in [-0.1, -0.05) is 0 Å². The summed E-state index contributed by atoms with van der Waals surface area (Å²) >= 11 is 0. The van der Waals surface area contributed by atoms with Crippen LogP contribution < -0.4 is 5.73 Å². The highest BCUT2D eigenvalue weighted by molar-refractivity contribution is 4.94. The number of rotatable bonds is 5. The minimum Gasteiger partial charge on any atom is -0.394 e. The lowest BCUT2D eigenvalue weighted by molar-refractivity contribution is -0.350. The van der Waals surface area contributed by atoms with E-state index >= 15 is 0 Å². The van der Waals surface area contributed by atoms with Crippen molar-refractivity contribution in [3.8, 4) is 0 Å². The number of aliphatic hydroxyl groups excluding tert-OH is 6. The molecule has 2 aliphatic heterocycles. The summed E-state index contributed by atoms with van der Waals surface area (Å²) in [6.45, 7) is -1.13. The average Bonchev–Trinajstić information content (AvgIpc) is 2.59. The molecular weight excluding hydrogens is 330 g/mol. The van der Waals surface area contributed by atoms with E-state index in [1.165, 1.54) is 7.11 Å². The smallest absolute Gasteiger partial charge is 0.186 e. The second-order valence-corrected chi connectivity index (χ2v) is 5.83. The highest BCUT2D eigenvalue weighted by atomic mass is 16.7. The molecule has 0 aromatic rings. The fourth-order valence-corrected chi connectivity index (χ4v) is 2.77. The van der Waals surface area contributed by atoms with Gasteiger partial charge in [0.05, 0.1) is 19.3 Å². The van der Waals surface area contributed by atoms with Gasteiger partial charge < -0.3 is 55.3 Å². The topological polar surface area (TPSA) is 184 Å². The standard InChI is InChI=1S/C13H25NO10/c1-21-13-11(10(20)8(18)5(3-16)23-13)24-12-6(14)9(19)7(17)4(2-15)22-12/h4-13,15-20H,2-3,14H2,1H3/t4-,5-,6+,7-,8-,9-,10+,11-,12-,13+/m1/s1. The van der Waals surface area contributed by atoms with E-state index in [1.807, 2.05) is 0 Å². The van der Waals surface area contributed by atoms with Crippen LogP contribution in [0.2, 0.25) is 0 Å². The van der Waals surface area contributed by atoms with Gasteiger partial charge in [-0.3, -0.25) is 0 Å². The van der Waals surface area contributed by atoms with Gasteiger partial charge in [0, 0.05) is 7.11 Å². The molecule has 11 nitrogen and oxygen atoms in total. The van der Waals surface area contributed by atoms with E-state index in [9.17, 15) is 25.5 Å². The van der Waals surface area contributed by atoms with Crippen LogP contribution in [0.1, 0.15) is 0 Å². The summed E-state index contributed by atoms with van der Waals surface area (Å²) in [4.78, 5) is 0. The van der Waals surface area contributed by atoms with Crippen molar-refractivity contribution in [3.05, 3.63) is 0 Å². The molecule has 0 unspecified atom stereocenters. The Hall–Kier alpha value is -0.440. The predicted octanol–water partition coefficient (Wildman–Crippen LogP) is -4.78. The maximum absolute atomic E-state index is 10.2. The Kier molecular flexibility index (Phi) is 6.87. The fourth-order valence-electron chi connectivity index (χ4n) is 2.77. The van der Waals surface area contributed by atoms with Crippen molar-refractivity contribution in [1.82, 2.24) is 0 Å². The Balaban J connectivity index is 2.12. The minimum absolute atomic E-state index is 0.540. The lowest BCUT2D eigenvalue weighted by atomic mass is 9.96. The number of aliphatic hydroxyl groups is 6. The lowest BCUT2D eigenvalue weighted by Crippen LogP contribution is -2.66. The van der Waals surface area contributed by atoms with Crippen LogP contribution in [0.15, 0.2) is 0 Å². The molecule has 0 saturated carbocycles. The molecule has 0 bridgehead atoms. The van der Waals surface area contributed by atoms with Crippen LogP contribution in [-0.4, -0.2) is 112 Å². The van der Waals surface area contributed by atoms with Crippen LogP contribution in [0.25, 0.3) is 0 Å². The number of ether oxygens (including phenoxy) is 4. The first-order valence-corrected chi connectivity index (χ1v) is 7.54. The molecule has 2 rings (SSSR count). The number of hydrogen-bond acceptors (Lipinski definition) is 11. The summed E-state index contributed by atoms with van der Waals surface area (Å²) in [5.41, 5.74) is 5.76. The quantitative estimate of drug-likeness (QED) is 0.251. The second-order valence-electron chi connectivity index (χ2n) is 5.83. The Labute approximate surface area is 138 Å². The van der Waals surface area contributed by atoms with Gasteiger partial charge >= 0.3 is 0 Å². The SMILES string of the molecule is CO[C@H]1O[C@H](CO)[C@@H](O)[C@H](O)[C@H]1O[C@H]1O[C@H](CO)[C@@H](O)[C@H](O)[C@@H]1N. The summed E-state index contributed by atoms with van der Waals surface area (Å²) in [5, 5.41) is 58.1. The van der Waals surface area contributed by atoms with Crippen molar-refractivity contribution in [2.45, 2.75) is 61.3 Å². The zero-order chi connectivity index (χ0) is 18.0. The predicted molar refractivity (Wildman–Crippen MR) is 75.4 cm³/mol. The summed E-state index contributed by atoms with van der Waals surface area (Å²) in [7, 11) is 1.27. The summed E-state index contributed by atoms with van der Waals surface area (Å²) in [6, 6.07) is -1.18. The van der Waals surface area contributed by atoms with Crippen molar-refractivity contribution in [2.24, 2.45) is 5.73 Å². The largest absolute Gasteiger partial charge is 0.394 e. The van der Waals surface area contributed by atoms with E-state index in [4.69, 9.17) is 29.8 Å². The van der Waals surface area contributed by atoms with E-state index in [0.29, 0.717) is 0 Å². The maximum Gasteiger partial charge on any atom is 0.186 e. The molecule has 142 valence electrons. The number of nitrogens with two attached hydrogens (primary N) is 1. The molecular formula is C13H25NO10. The Morgan fingerprint density at radius 3 is 1.83 bits per heavy atom. The molecule has 0 aromatic carbocycles. The molecule has 10 atom stereocenters. The van der Waals surface area contributed by atoms with Gasteiger partial charge in [0.15, 0.2) is 12.6 Å². The molecule has 0 radical (unpaired) electrons. The highest BCUT2D eigenvalue weighted by Crippen LogP contribution is 2.28. The van der Waals surface area contributed by atoms with Crippen molar-refractivity contribution >= 4 is 0 Å². The van der Waals surface area contributed by atoms with Crippen LogP contribution in [0.5, 0.6) is 0 Å². The van der Waals surface area contributed by atoms with E-state index in [1.54, 1.807) is 0 Å². The molecule has 0 aliphatic carbocycles. The normalized spacial score (nSPS) is 50.0. The van der Waals surface area contributed by atoms with Gasteiger partial charge in [0.25, 0.3) is 0 Å². The fraction of sp³-hybridized carbons (Fsp3) is 1.00. The molecule has 2 heterocycles. The first-order valence-electron chi connectivity index (χ1n) is 7.54. The summed E-state index contributed by atoms with van der Waals surface area (Å²) in [5.74, 6) is 0. The first kappa shape index (κ1) is 19.9. The zero-order valence-electron chi connectivity index (χ0n) is 13.1. The van der Waals surface area contributed by atoms with Crippen molar-refractivity contribution < 1.29 is 49.6 Å². The Bertz CT molecular complexity index is 397. The zero-order valence-corrected chi connectivity index (χ0v) is 13.1. The molecule has 2 aliphatic rings. The highest BCUT2D eigenvalue weighted by Gasteiger charge is 2.50. The van der Waals surface area contributed by atoms with Gasteiger partial charge in [-0.2, -0.15) is 0 Å². The van der Waals surface area contributed by atoms with Gasteiger partial charge in [-0.25, -0.2) is 0 Å². The molecule has 0 spiro atoms.